The lowest BCUT2D eigenvalue weighted by molar-refractivity contribution is -0.288. The Hall–Kier alpha value is -5.44. The van der Waals surface area contributed by atoms with Gasteiger partial charge in [0.15, 0.2) is 18.0 Å². The Morgan fingerprint density at radius 2 is 1.40 bits per heavy atom. The summed E-state index contributed by atoms with van der Waals surface area (Å²) in [4.78, 5) is 73.8. The molecule has 0 radical (unpaired) electrons. The number of hydrogen-bond acceptors (Lipinski definition) is 15. The minimum absolute atomic E-state index is 0.0103. The number of hydrogen-bond donors (Lipinski definition) is 0. The van der Waals surface area contributed by atoms with E-state index < -0.39 is 84.6 Å². The van der Waals surface area contributed by atoms with Crippen LogP contribution in [0.1, 0.15) is 51.9 Å². The Balaban J connectivity index is 1.74. The Kier molecular flexibility index (Phi) is 11.4. The van der Waals surface area contributed by atoms with E-state index in [0.29, 0.717) is 0 Å². The van der Waals surface area contributed by atoms with Gasteiger partial charge < -0.3 is 42.3 Å². The summed E-state index contributed by atoms with van der Waals surface area (Å²) in [5.41, 5.74) is -0.869. The van der Waals surface area contributed by atoms with Crippen molar-refractivity contribution in [3.05, 3.63) is 64.5 Å². The number of rotatable bonds is 11. The average molecular weight is 671 g/mol. The summed E-state index contributed by atoms with van der Waals surface area (Å²) in [6, 6.07) is 12.2. The van der Waals surface area contributed by atoms with Crippen LogP contribution in [0.3, 0.4) is 0 Å². The average Bonchev–Trinajstić information content (AvgIpc) is 3.00. The molecule has 15 heteroatoms. The summed E-state index contributed by atoms with van der Waals surface area (Å²) in [7, 11) is 0. The van der Waals surface area contributed by atoms with E-state index in [1.165, 1.54) is 30.3 Å². The van der Waals surface area contributed by atoms with Crippen molar-refractivity contribution in [2.24, 2.45) is 0 Å². The molecule has 1 fully saturated rings. The lowest BCUT2D eigenvalue weighted by Gasteiger charge is -2.43. The maximum atomic E-state index is 13.1. The summed E-state index contributed by atoms with van der Waals surface area (Å²) in [5, 5.41) is 0.244. The molecule has 1 saturated heterocycles. The van der Waals surface area contributed by atoms with Crippen molar-refractivity contribution in [1.29, 1.82) is 0 Å². The molecule has 1 aliphatic heterocycles. The molecule has 0 N–H and O–H groups in total. The molecule has 2 aromatic carbocycles. The SMILES string of the molecule is CC(=O)OC[C@H]1O[C@H](Oc2ccc3c(OC(C)C)c(OC(=O)c4ccccc4)c(=O)oc3c2)[C@@H](OC(C)=O)[C@@H](OC(C)=O)[C@@H]1OC(C)=O. The van der Waals surface area contributed by atoms with Crippen molar-refractivity contribution in [3.63, 3.8) is 0 Å². The van der Waals surface area contributed by atoms with Crippen LogP contribution in [0.2, 0.25) is 0 Å². The van der Waals surface area contributed by atoms with Crippen molar-refractivity contribution in [2.45, 2.75) is 78.4 Å². The first-order chi connectivity index (χ1) is 22.7. The summed E-state index contributed by atoms with van der Waals surface area (Å²) in [6.07, 6.45) is -7.56. The van der Waals surface area contributed by atoms with Gasteiger partial charge in [0.25, 0.3) is 5.75 Å². The first-order valence-electron chi connectivity index (χ1n) is 14.7. The fraction of sp³-hybridized carbons (Fsp3) is 0.394. The highest BCUT2D eigenvalue weighted by Crippen LogP contribution is 2.37. The van der Waals surface area contributed by atoms with E-state index >= 15 is 0 Å². The molecule has 48 heavy (non-hydrogen) atoms. The number of ether oxygens (including phenoxy) is 8. The molecule has 15 nitrogen and oxygen atoms in total. The van der Waals surface area contributed by atoms with Crippen LogP contribution < -0.4 is 19.8 Å². The highest BCUT2D eigenvalue weighted by atomic mass is 16.7. The Bertz CT molecular complexity index is 1730. The molecule has 5 atom stereocenters. The first kappa shape index (κ1) is 35.4. The van der Waals surface area contributed by atoms with Crippen molar-refractivity contribution in [1.82, 2.24) is 0 Å². The number of esters is 5. The van der Waals surface area contributed by atoms with Gasteiger partial charge in [-0.25, -0.2) is 9.59 Å². The molecule has 0 saturated carbocycles. The van der Waals surface area contributed by atoms with E-state index in [1.807, 2.05) is 0 Å². The van der Waals surface area contributed by atoms with E-state index in [2.05, 4.69) is 0 Å². The van der Waals surface area contributed by atoms with Crippen LogP contribution in [0.15, 0.2) is 57.7 Å². The van der Waals surface area contributed by atoms with Gasteiger partial charge in [-0.2, -0.15) is 0 Å². The molecule has 0 amide bonds. The van der Waals surface area contributed by atoms with Gasteiger partial charge in [-0.05, 0) is 38.1 Å². The van der Waals surface area contributed by atoms with E-state index in [1.54, 1.807) is 32.0 Å². The van der Waals surface area contributed by atoms with Gasteiger partial charge in [-0.1, -0.05) is 18.2 Å². The Morgan fingerprint density at radius 1 is 0.771 bits per heavy atom. The zero-order valence-electron chi connectivity index (χ0n) is 26.9. The highest BCUT2D eigenvalue weighted by molar-refractivity contribution is 5.93. The van der Waals surface area contributed by atoms with Crippen molar-refractivity contribution >= 4 is 40.8 Å². The molecule has 0 aliphatic carbocycles. The van der Waals surface area contributed by atoms with Gasteiger partial charge in [0, 0.05) is 33.8 Å². The highest BCUT2D eigenvalue weighted by Gasteiger charge is 2.53. The predicted molar refractivity (Wildman–Crippen MR) is 162 cm³/mol. The molecule has 0 spiro atoms. The number of carbonyl (C=O) groups is 5. The molecule has 256 valence electrons. The lowest BCUT2D eigenvalue weighted by atomic mass is 9.98. The maximum Gasteiger partial charge on any atom is 0.383 e. The summed E-state index contributed by atoms with van der Waals surface area (Å²) < 4.78 is 50.1. The largest absolute Gasteiger partial charge is 0.486 e. The van der Waals surface area contributed by atoms with Crippen LogP contribution in [0.4, 0.5) is 0 Å². The minimum atomic E-state index is -1.53. The maximum absolute atomic E-state index is 13.1. The van der Waals surface area contributed by atoms with E-state index in [0.717, 1.165) is 27.7 Å². The minimum Gasteiger partial charge on any atom is -0.486 e. The van der Waals surface area contributed by atoms with Gasteiger partial charge >= 0.3 is 35.5 Å². The number of benzene rings is 2. The molecular formula is C33H34O15. The summed E-state index contributed by atoms with van der Waals surface area (Å²) in [5.74, 6) is -4.40. The fourth-order valence-corrected chi connectivity index (χ4v) is 4.79. The summed E-state index contributed by atoms with van der Waals surface area (Å²) >= 11 is 0. The quantitative estimate of drug-likeness (QED) is 0.164. The van der Waals surface area contributed by atoms with Crippen LogP contribution in [0.25, 0.3) is 11.0 Å². The van der Waals surface area contributed by atoms with Gasteiger partial charge in [-0.3, -0.25) is 19.2 Å². The number of carbonyl (C=O) groups excluding carboxylic acids is 5. The Morgan fingerprint density at radius 3 is 2.00 bits per heavy atom. The second-order valence-electron chi connectivity index (χ2n) is 10.8. The van der Waals surface area contributed by atoms with Crippen molar-refractivity contribution in [2.75, 3.05) is 6.61 Å². The van der Waals surface area contributed by atoms with Crippen molar-refractivity contribution < 1.29 is 66.3 Å². The topological polar surface area (TPSA) is 189 Å². The predicted octanol–water partition coefficient (Wildman–Crippen LogP) is 3.26. The summed E-state index contributed by atoms with van der Waals surface area (Å²) in [6.45, 7) is 7.41. The normalized spacial score (nSPS) is 20.4. The van der Waals surface area contributed by atoms with Crippen LogP contribution in [0.5, 0.6) is 17.2 Å². The molecule has 0 bridgehead atoms. The lowest BCUT2D eigenvalue weighted by Crippen LogP contribution is -2.63. The molecule has 0 unspecified atom stereocenters. The Labute approximate surface area is 273 Å². The fourth-order valence-electron chi connectivity index (χ4n) is 4.79. The monoisotopic (exact) mass is 670 g/mol. The van der Waals surface area contributed by atoms with Gasteiger partial charge in [0.2, 0.25) is 12.4 Å². The third-order valence-corrected chi connectivity index (χ3v) is 6.55. The van der Waals surface area contributed by atoms with Crippen LogP contribution in [-0.4, -0.2) is 73.3 Å². The second-order valence-corrected chi connectivity index (χ2v) is 10.8. The zero-order chi connectivity index (χ0) is 35.1. The van der Waals surface area contributed by atoms with Gasteiger partial charge in [0.1, 0.15) is 24.0 Å². The van der Waals surface area contributed by atoms with Crippen LogP contribution in [0, 0.1) is 0 Å². The van der Waals surface area contributed by atoms with E-state index in [4.69, 9.17) is 42.3 Å². The van der Waals surface area contributed by atoms with E-state index in [9.17, 15) is 28.8 Å². The third-order valence-electron chi connectivity index (χ3n) is 6.55. The van der Waals surface area contributed by atoms with Gasteiger partial charge in [-0.15, -0.1) is 0 Å². The molecule has 1 aromatic heterocycles. The second kappa shape index (κ2) is 15.4. The number of fused-ring (bicyclic) bond motifs is 1. The smallest absolute Gasteiger partial charge is 0.383 e. The van der Waals surface area contributed by atoms with E-state index in [-0.39, 0.29) is 28.0 Å². The zero-order valence-corrected chi connectivity index (χ0v) is 26.9. The van der Waals surface area contributed by atoms with Crippen LogP contribution in [-0.2, 0) is 42.9 Å². The molecule has 3 aromatic rings. The third kappa shape index (κ3) is 8.88. The van der Waals surface area contributed by atoms with Crippen LogP contribution >= 0.6 is 0 Å². The molecular weight excluding hydrogens is 636 g/mol. The molecule has 2 heterocycles. The standard InChI is InChI=1S/C33H34O15/c1-16(2)41-26-23-13-12-22(14-24(23)46-32(39)29(26)48-31(38)21-10-8-7-9-11-21)45-33-30(44-20(6)37)28(43-19(5)36)27(42-18(4)35)25(47-33)15-40-17(3)34/h7-14,16,25,27-28,30,33H,15H2,1-6H3/t25-,27-,28+,30+,33+/m1/s1. The molecule has 4 rings (SSSR count). The van der Waals surface area contributed by atoms with Gasteiger partial charge in [0.05, 0.1) is 17.1 Å². The first-order valence-corrected chi connectivity index (χ1v) is 14.7. The van der Waals surface area contributed by atoms with Crippen molar-refractivity contribution in [3.8, 4) is 17.2 Å². The molecule has 1 aliphatic rings.